The Labute approximate surface area is 99.6 Å². The van der Waals surface area contributed by atoms with E-state index in [1.165, 1.54) is 6.26 Å². The zero-order chi connectivity index (χ0) is 12.4. The van der Waals surface area contributed by atoms with Gasteiger partial charge in [-0.25, -0.2) is 0 Å². The van der Waals surface area contributed by atoms with Crippen molar-refractivity contribution in [3.05, 3.63) is 36.8 Å². The summed E-state index contributed by atoms with van der Waals surface area (Å²) >= 11 is 0. The largest absolute Gasteiger partial charge is 0.468 e. The molecule has 0 bridgehead atoms. The lowest BCUT2D eigenvalue weighted by molar-refractivity contribution is -0.139. The average molecular weight is 239 g/mol. The van der Waals surface area contributed by atoms with Crippen LogP contribution in [0.4, 0.5) is 0 Å². The molecule has 1 aliphatic heterocycles. The van der Waals surface area contributed by atoms with Crippen LogP contribution in [0, 0.1) is 0 Å². The lowest BCUT2D eigenvalue weighted by atomic mass is 9.92. The van der Waals surface area contributed by atoms with Crippen molar-refractivity contribution in [3.8, 4) is 0 Å². The molecule has 0 spiro atoms. The van der Waals surface area contributed by atoms with Crippen molar-refractivity contribution in [3.63, 3.8) is 0 Å². The number of nitrogens with zero attached hydrogens (tertiary/aromatic N) is 1. The third-order valence-corrected chi connectivity index (χ3v) is 3.08. The van der Waals surface area contributed by atoms with Crippen molar-refractivity contribution in [1.29, 1.82) is 0 Å². The molecule has 2 heterocycles. The van der Waals surface area contributed by atoms with Gasteiger partial charge in [0, 0.05) is 13.1 Å². The van der Waals surface area contributed by atoms with Gasteiger partial charge in [0.2, 0.25) is 0 Å². The first-order valence-corrected chi connectivity index (χ1v) is 5.57. The van der Waals surface area contributed by atoms with Crippen molar-refractivity contribution in [2.75, 3.05) is 13.1 Å². The zero-order valence-electron chi connectivity index (χ0n) is 9.44. The van der Waals surface area contributed by atoms with E-state index in [4.69, 9.17) is 4.42 Å². The van der Waals surface area contributed by atoms with Gasteiger partial charge in [0.1, 0.15) is 18.0 Å². The van der Waals surface area contributed by atoms with Gasteiger partial charge < -0.3 is 19.7 Å². The second kappa shape index (κ2) is 5.01. The standard InChI is InChI=1S/C12H17NO4/c1-2-5-13-7-8(14)11(15)12(16)10(13)9-4-3-6-17-9/h2-4,6,8,10-12,14-16H,1,5,7H2. The van der Waals surface area contributed by atoms with Crippen LogP contribution in [0.5, 0.6) is 0 Å². The van der Waals surface area contributed by atoms with Crippen LogP contribution < -0.4 is 0 Å². The third kappa shape index (κ3) is 2.28. The SMILES string of the molecule is C=CCN1CC(O)C(O)C(O)C1c1ccco1. The van der Waals surface area contributed by atoms with Gasteiger partial charge in [0.25, 0.3) is 0 Å². The van der Waals surface area contributed by atoms with Crippen LogP contribution in [0.2, 0.25) is 0 Å². The van der Waals surface area contributed by atoms with Gasteiger partial charge in [-0.1, -0.05) is 6.08 Å². The lowest BCUT2D eigenvalue weighted by Crippen LogP contribution is -2.56. The Morgan fingerprint density at radius 2 is 2.18 bits per heavy atom. The number of hydrogen-bond acceptors (Lipinski definition) is 5. The van der Waals surface area contributed by atoms with Gasteiger partial charge in [0.05, 0.1) is 18.4 Å². The van der Waals surface area contributed by atoms with Crippen molar-refractivity contribution in [2.45, 2.75) is 24.4 Å². The second-order valence-electron chi connectivity index (χ2n) is 4.25. The molecule has 5 nitrogen and oxygen atoms in total. The van der Waals surface area contributed by atoms with E-state index in [-0.39, 0.29) is 6.54 Å². The fourth-order valence-corrected chi connectivity index (χ4v) is 2.25. The number of likely N-dealkylation sites (tertiary alicyclic amines) is 1. The number of rotatable bonds is 3. The van der Waals surface area contributed by atoms with Crippen LogP contribution in [-0.2, 0) is 0 Å². The Bertz CT molecular complexity index is 365. The fourth-order valence-electron chi connectivity index (χ4n) is 2.25. The maximum absolute atomic E-state index is 10.0. The molecule has 2 rings (SSSR count). The quantitative estimate of drug-likeness (QED) is 0.642. The molecule has 1 fully saturated rings. The number of hydrogen-bond donors (Lipinski definition) is 3. The van der Waals surface area contributed by atoms with Gasteiger partial charge in [-0.3, -0.25) is 4.90 Å². The lowest BCUT2D eigenvalue weighted by Gasteiger charge is -2.42. The molecule has 0 amide bonds. The molecule has 1 aromatic rings. The predicted octanol–water partition coefficient (Wildman–Crippen LogP) is -0.0950. The number of aliphatic hydroxyl groups is 3. The van der Waals surface area contributed by atoms with Crippen LogP contribution in [-0.4, -0.2) is 51.6 Å². The Kier molecular flexibility index (Phi) is 3.63. The molecular weight excluding hydrogens is 222 g/mol. The molecule has 1 aromatic heterocycles. The maximum Gasteiger partial charge on any atom is 0.123 e. The van der Waals surface area contributed by atoms with Crippen molar-refractivity contribution in [2.24, 2.45) is 0 Å². The molecule has 0 aromatic carbocycles. The molecule has 4 atom stereocenters. The van der Waals surface area contributed by atoms with Gasteiger partial charge in [-0.05, 0) is 12.1 Å². The highest BCUT2D eigenvalue weighted by Crippen LogP contribution is 2.31. The van der Waals surface area contributed by atoms with Gasteiger partial charge in [-0.15, -0.1) is 6.58 Å². The Balaban J connectivity index is 2.26. The summed E-state index contributed by atoms with van der Waals surface area (Å²) < 4.78 is 5.27. The van der Waals surface area contributed by atoms with E-state index >= 15 is 0 Å². The van der Waals surface area contributed by atoms with E-state index in [0.717, 1.165) is 0 Å². The molecule has 0 aliphatic carbocycles. The van der Waals surface area contributed by atoms with Crippen LogP contribution in [0.3, 0.4) is 0 Å². The summed E-state index contributed by atoms with van der Waals surface area (Å²) in [7, 11) is 0. The Morgan fingerprint density at radius 1 is 1.41 bits per heavy atom. The topological polar surface area (TPSA) is 77.1 Å². The molecule has 0 saturated carbocycles. The first-order chi connectivity index (χ1) is 8.15. The molecule has 1 saturated heterocycles. The summed E-state index contributed by atoms with van der Waals surface area (Å²) in [5.41, 5.74) is 0. The minimum atomic E-state index is -1.16. The van der Waals surface area contributed by atoms with E-state index in [2.05, 4.69) is 6.58 Å². The normalized spacial score (nSPS) is 34.8. The molecular formula is C12H17NO4. The monoisotopic (exact) mass is 239 g/mol. The van der Waals surface area contributed by atoms with E-state index in [9.17, 15) is 15.3 Å². The van der Waals surface area contributed by atoms with Crippen LogP contribution in [0.25, 0.3) is 0 Å². The van der Waals surface area contributed by atoms with Crippen LogP contribution in [0.1, 0.15) is 11.8 Å². The van der Waals surface area contributed by atoms with Crippen molar-refractivity contribution in [1.82, 2.24) is 4.90 Å². The molecule has 0 radical (unpaired) electrons. The Morgan fingerprint density at radius 3 is 2.76 bits per heavy atom. The number of aliphatic hydroxyl groups excluding tert-OH is 3. The summed E-state index contributed by atoms with van der Waals surface area (Å²) in [5.74, 6) is 0.574. The molecule has 4 unspecified atom stereocenters. The first kappa shape index (κ1) is 12.3. The molecule has 1 aliphatic rings. The van der Waals surface area contributed by atoms with Gasteiger partial charge in [-0.2, -0.15) is 0 Å². The number of furan rings is 1. The highest BCUT2D eigenvalue weighted by atomic mass is 16.4. The highest BCUT2D eigenvalue weighted by molar-refractivity contribution is 5.11. The van der Waals surface area contributed by atoms with E-state index in [0.29, 0.717) is 12.3 Å². The molecule has 5 heteroatoms. The number of piperidine rings is 1. The highest BCUT2D eigenvalue weighted by Gasteiger charge is 2.42. The van der Waals surface area contributed by atoms with Gasteiger partial charge in [0.15, 0.2) is 0 Å². The zero-order valence-corrected chi connectivity index (χ0v) is 9.44. The summed E-state index contributed by atoms with van der Waals surface area (Å²) in [5, 5.41) is 29.4. The molecule has 3 N–H and O–H groups in total. The average Bonchev–Trinajstić information content (AvgIpc) is 2.80. The summed E-state index contributed by atoms with van der Waals surface area (Å²) in [6, 6.07) is 3.02. The van der Waals surface area contributed by atoms with Crippen LogP contribution in [0.15, 0.2) is 35.5 Å². The minimum absolute atomic E-state index is 0.273. The van der Waals surface area contributed by atoms with E-state index in [1.807, 2.05) is 4.90 Å². The molecule has 17 heavy (non-hydrogen) atoms. The molecule has 94 valence electrons. The summed E-state index contributed by atoms with van der Waals surface area (Å²) in [4.78, 5) is 1.83. The predicted molar refractivity (Wildman–Crippen MR) is 61.2 cm³/mol. The second-order valence-corrected chi connectivity index (χ2v) is 4.25. The summed E-state index contributed by atoms with van der Waals surface area (Å²) in [6.45, 7) is 4.42. The third-order valence-electron chi connectivity index (χ3n) is 3.08. The van der Waals surface area contributed by atoms with Crippen LogP contribution >= 0.6 is 0 Å². The van der Waals surface area contributed by atoms with Crippen molar-refractivity contribution < 1.29 is 19.7 Å². The van der Waals surface area contributed by atoms with E-state index in [1.54, 1.807) is 18.2 Å². The smallest absolute Gasteiger partial charge is 0.123 e. The fraction of sp³-hybridized carbons (Fsp3) is 0.500. The van der Waals surface area contributed by atoms with E-state index < -0.39 is 24.4 Å². The Hall–Kier alpha value is -1.14. The maximum atomic E-state index is 10.0. The van der Waals surface area contributed by atoms with Crippen molar-refractivity contribution >= 4 is 0 Å². The van der Waals surface area contributed by atoms with Gasteiger partial charge >= 0.3 is 0 Å². The first-order valence-electron chi connectivity index (χ1n) is 5.57. The summed E-state index contributed by atoms with van der Waals surface area (Å²) in [6.07, 6.45) is 0.00530. The number of β-amino-alcohol motifs (C(OH)–C–C–N with tert-alkyl or cyclic N) is 1. The minimum Gasteiger partial charge on any atom is -0.468 e.